The maximum Gasteiger partial charge on any atom is 0.410 e. The fourth-order valence-corrected chi connectivity index (χ4v) is 3.65. The van der Waals surface area contributed by atoms with Crippen LogP contribution >= 0.6 is 11.6 Å². The summed E-state index contributed by atoms with van der Waals surface area (Å²) in [6.45, 7) is 8.45. The number of halogens is 1. The van der Waals surface area contributed by atoms with Crippen LogP contribution in [0.4, 0.5) is 4.79 Å². The quantitative estimate of drug-likeness (QED) is 0.792. The van der Waals surface area contributed by atoms with E-state index in [1.165, 1.54) is 0 Å². The van der Waals surface area contributed by atoms with Gasteiger partial charge in [0, 0.05) is 19.0 Å². The number of aryl methyl sites for hydroxylation is 1. The molecule has 1 aromatic rings. The van der Waals surface area contributed by atoms with Gasteiger partial charge in [-0.15, -0.1) is 0 Å². The van der Waals surface area contributed by atoms with Gasteiger partial charge in [0.2, 0.25) is 0 Å². The van der Waals surface area contributed by atoms with Crippen molar-refractivity contribution >= 4 is 23.6 Å². The van der Waals surface area contributed by atoms with Gasteiger partial charge in [-0.25, -0.2) is 4.79 Å². The molecule has 5 nitrogen and oxygen atoms in total. The summed E-state index contributed by atoms with van der Waals surface area (Å²) in [5.41, 5.74) is 1.93. The average molecular weight is 337 g/mol. The third-order valence-corrected chi connectivity index (χ3v) is 4.48. The molecular weight excluding hydrogens is 316 g/mol. The SMILES string of the molecule is Cc1cc(Cl)c2c(c1)[C@@H]1CN(C(=O)OC(C)(C)C)C[C@H]1NC2=O. The van der Waals surface area contributed by atoms with E-state index in [0.717, 1.165) is 11.1 Å². The molecular formula is C17H21ClN2O3. The molecule has 1 aromatic carbocycles. The van der Waals surface area contributed by atoms with Crippen molar-refractivity contribution in [1.29, 1.82) is 0 Å². The number of hydrogen-bond acceptors (Lipinski definition) is 3. The normalized spacial score (nSPS) is 23.2. The van der Waals surface area contributed by atoms with E-state index in [1.54, 1.807) is 11.0 Å². The van der Waals surface area contributed by atoms with Crippen LogP contribution in [0.3, 0.4) is 0 Å². The Kier molecular flexibility index (Phi) is 3.79. The van der Waals surface area contributed by atoms with Gasteiger partial charge in [-0.2, -0.15) is 0 Å². The maximum absolute atomic E-state index is 12.3. The second kappa shape index (κ2) is 5.41. The molecule has 0 unspecified atom stereocenters. The van der Waals surface area contributed by atoms with Crippen LogP contribution in [0, 0.1) is 6.92 Å². The van der Waals surface area contributed by atoms with Crippen LogP contribution in [0.5, 0.6) is 0 Å². The van der Waals surface area contributed by atoms with Crippen LogP contribution in [-0.4, -0.2) is 41.6 Å². The molecule has 0 bridgehead atoms. The highest BCUT2D eigenvalue weighted by Crippen LogP contribution is 2.37. The number of carbonyl (C=O) groups excluding carboxylic acids is 2. The van der Waals surface area contributed by atoms with Crippen molar-refractivity contribution in [3.05, 3.63) is 33.8 Å². The smallest absolute Gasteiger partial charge is 0.410 e. The summed E-state index contributed by atoms with van der Waals surface area (Å²) in [6, 6.07) is 3.69. The summed E-state index contributed by atoms with van der Waals surface area (Å²) in [4.78, 5) is 26.3. The van der Waals surface area contributed by atoms with Crippen molar-refractivity contribution in [3.8, 4) is 0 Å². The van der Waals surface area contributed by atoms with Gasteiger partial charge in [-0.1, -0.05) is 17.7 Å². The standard InChI is InChI=1S/C17H21ClN2O3/c1-9-5-10-11-7-20(16(22)23-17(2,3)4)8-13(11)19-15(21)14(10)12(18)6-9/h5-6,11,13H,7-8H2,1-4H3,(H,19,21)/t11-,13+/m0/s1. The summed E-state index contributed by atoms with van der Waals surface area (Å²) in [6.07, 6.45) is -0.346. The minimum Gasteiger partial charge on any atom is -0.444 e. The number of fused-ring (bicyclic) bond motifs is 3. The molecule has 2 heterocycles. The highest BCUT2D eigenvalue weighted by Gasteiger charge is 2.43. The molecule has 124 valence electrons. The Morgan fingerprint density at radius 2 is 2.04 bits per heavy atom. The Morgan fingerprint density at radius 1 is 1.35 bits per heavy atom. The van der Waals surface area contributed by atoms with Crippen molar-refractivity contribution in [3.63, 3.8) is 0 Å². The molecule has 0 radical (unpaired) electrons. The van der Waals surface area contributed by atoms with Crippen LogP contribution in [-0.2, 0) is 4.74 Å². The van der Waals surface area contributed by atoms with Crippen LogP contribution in [0.15, 0.2) is 12.1 Å². The van der Waals surface area contributed by atoms with Gasteiger partial charge in [0.25, 0.3) is 5.91 Å². The van der Waals surface area contributed by atoms with E-state index in [1.807, 2.05) is 33.8 Å². The predicted molar refractivity (Wildman–Crippen MR) is 88.0 cm³/mol. The van der Waals surface area contributed by atoms with Crippen LogP contribution < -0.4 is 5.32 Å². The maximum atomic E-state index is 12.3. The molecule has 1 saturated heterocycles. The minimum absolute atomic E-state index is 0.0487. The molecule has 0 spiro atoms. The number of rotatable bonds is 0. The average Bonchev–Trinajstić information content (AvgIpc) is 2.79. The first-order valence-corrected chi connectivity index (χ1v) is 8.12. The van der Waals surface area contributed by atoms with E-state index in [4.69, 9.17) is 16.3 Å². The molecule has 0 aromatic heterocycles. The lowest BCUT2D eigenvalue weighted by atomic mass is 9.85. The van der Waals surface area contributed by atoms with E-state index in [0.29, 0.717) is 23.7 Å². The largest absolute Gasteiger partial charge is 0.444 e. The Hall–Kier alpha value is -1.75. The second-order valence-corrected chi connectivity index (χ2v) is 7.69. The Morgan fingerprint density at radius 3 is 2.70 bits per heavy atom. The molecule has 2 atom stereocenters. The van der Waals surface area contributed by atoms with Gasteiger partial charge >= 0.3 is 6.09 Å². The van der Waals surface area contributed by atoms with E-state index in [2.05, 4.69) is 5.32 Å². The van der Waals surface area contributed by atoms with Crippen molar-refractivity contribution in [1.82, 2.24) is 10.2 Å². The first-order chi connectivity index (χ1) is 10.7. The fourth-order valence-electron chi connectivity index (χ4n) is 3.28. The highest BCUT2D eigenvalue weighted by molar-refractivity contribution is 6.34. The van der Waals surface area contributed by atoms with Crippen molar-refractivity contribution < 1.29 is 14.3 Å². The lowest BCUT2D eigenvalue weighted by Crippen LogP contribution is -2.44. The number of hydrogen-bond donors (Lipinski definition) is 1. The van der Waals surface area contributed by atoms with Crippen molar-refractivity contribution in [2.24, 2.45) is 0 Å². The van der Waals surface area contributed by atoms with E-state index in [-0.39, 0.29) is 24.0 Å². The van der Waals surface area contributed by atoms with Crippen LogP contribution in [0.1, 0.15) is 48.2 Å². The molecule has 0 aliphatic carbocycles. The Labute approximate surface area is 140 Å². The van der Waals surface area contributed by atoms with E-state index >= 15 is 0 Å². The van der Waals surface area contributed by atoms with E-state index in [9.17, 15) is 9.59 Å². The summed E-state index contributed by atoms with van der Waals surface area (Å²) in [5.74, 6) is -0.120. The predicted octanol–water partition coefficient (Wildman–Crippen LogP) is 3.09. The molecule has 0 saturated carbocycles. The molecule has 1 fully saturated rings. The summed E-state index contributed by atoms with van der Waals surface area (Å²) < 4.78 is 5.44. The lowest BCUT2D eigenvalue weighted by molar-refractivity contribution is 0.0288. The van der Waals surface area contributed by atoms with Crippen molar-refractivity contribution in [2.75, 3.05) is 13.1 Å². The monoisotopic (exact) mass is 336 g/mol. The highest BCUT2D eigenvalue weighted by atomic mass is 35.5. The van der Waals surface area contributed by atoms with Gasteiger partial charge in [0.1, 0.15) is 5.60 Å². The zero-order valence-corrected chi connectivity index (χ0v) is 14.5. The third kappa shape index (κ3) is 3.02. The lowest BCUT2D eigenvalue weighted by Gasteiger charge is -2.28. The molecule has 1 N–H and O–H groups in total. The molecule has 3 rings (SSSR count). The number of carbonyl (C=O) groups is 2. The molecule has 2 aliphatic rings. The Bertz CT molecular complexity index is 681. The van der Waals surface area contributed by atoms with Gasteiger partial charge in [0.15, 0.2) is 0 Å². The third-order valence-electron chi connectivity index (χ3n) is 4.18. The number of benzene rings is 1. The number of amides is 2. The summed E-state index contributed by atoms with van der Waals surface area (Å²) in [5, 5.41) is 3.43. The first-order valence-electron chi connectivity index (χ1n) is 7.74. The molecule has 2 amide bonds. The van der Waals surface area contributed by atoms with Crippen LogP contribution in [0.2, 0.25) is 5.02 Å². The van der Waals surface area contributed by atoms with Crippen LogP contribution in [0.25, 0.3) is 0 Å². The molecule has 23 heavy (non-hydrogen) atoms. The van der Waals surface area contributed by atoms with E-state index < -0.39 is 5.60 Å². The number of nitrogens with one attached hydrogen (secondary N) is 1. The van der Waals surface area contributed by atoms with Gasteiger partial charge in [-0.3, -0.25) is 4.79 Å². The summed E-state index contributed by atoms with van der Waals surface area (Å²) in [7, 11) is 0. The zero-order valence-electron chi connectivity index (χ0n) is 13.8. The second-order valence-electron chi connectivity index (χ2n) is 7.28. The first kappa shape index (κ1) is 16.1. The molecule has 2 aliphatic heterocycles. The Balaban J connectivity index is 1.89. The van der Waals surface area contributed by atoms with Gasteiger partial charge in [0.05, 0.1) is 16.6 Å². The molecule has 6 heteroatoms. The number of nitrogens with zero attached hydrogens (tertiary/aromatic N) is 1. The zero-order chi connectivity index (χ0) is 16.9. The number of ether oxygens (including phenoxy) is 1. The number of likely N-dealkylation sites (tertiary alicyclic amines) is 1. The van der Waals surface area contributed by atoms with Crippen molar-refractivity contribution in [2.45, 2.75) is 45.3 Å². The fraction of sp³-hybridized carbons (Fsp3) is 0.529. The minimum atomic E-state index is -0.536. The van der Waals surface area contributed by atoms with Gasteiger partial charge in [-0.05, 0) is 44.9 Å². The summed E-state index contributed by atoms with van der Waals surface area (Å²) >= 11 is 6.25. The van der Waals surface area contributed by atoms with Gasteiger partial charge < -0.3 is 15.0 Å². The topological polar surface area (TPSA) is 58.6 Å².